The number of nitrogens with zero attached hydrogens (tertiary/aromatic N) is 2. The van der Waals surface area contributed by atoms with Gasteiger partial charge in [0.25, 0.3) is 0 Å². The second kappa shape index (κ2) is 7.34. The van der Waals surface area contributed by atoms with E-state index >= 15 is 0 Å². The summed E-state index contributed by atoms with van der Waals surface area (Å²) in [4.78, 5) is 8.81. The van der Waals surface area contributed by atoms with Crippen LogP contribution < -0.4 is 5.32 Å². The monoisotopic (exact) mass is 299 g/mol. The molecule has 0 amide bonds. The second-order valence-corrected chi connectivity index (χ2v) is 6.63. The Kier molecular flexibility index (Phi) is 5.76. The maximum absolute atomic E-state index is 6.06. The van der Waals surface area contributed by atoms with Gasteiger partial charge in [0.05, 0.1) is 0 Å². The topological polar surface area (TPSA) is 37.8 Å². The number of aryl methyl sites for hydroxylation is 1. The van der Waals surface area contributed by atoms with Crippen LogP contribution in [0.3, 0.4) is 0 Å². The normalized spacial score (nSPS) is 23.3. The van der Waals surface area contributed by atoms with Gasteiger partial charge in [0.15, 0.2) is 0 Å². The average molecular weight is 300 g/mol. The fourth-order valence-electron chi connectivity index (χ4n) is 2.57. The summed E-state index contributed by atoms with van der Waals surface area (Å²) >= 11 is 8.04. The molecule has 2 atom stereocenters. The van der Waals surface area contributed by atoms with Crippen molar-refractivity contribution in [2.75, 3.05) is 11.6 Å². The molecule has 1 aliphatic carbocycles. The summed E-state index contributed by atoms with van der Waals surface area (Å²) < 4.78 is 0. The molecular weight excluding hydrogens is 278 g/mol. The van der Waals surface area contributed by atoms with E-state index < -0.39 is 0 Å². The smallest absolute Gasteiger partial charge is 0.134 e. The molecule has 1 fully saturated rings. The molecule has 1 N–H and O–H groups in total. The number of aromatic nitrogens is 2. The van der Waals surface area contributed by atoms with Gasteiger partial charge in [0, 0.05) is 23.8 Å². The molecule has 0 spiro atoms. The molecule has 0 radical (unpaired) electrons. The van der Waals surface area contributed by atoms with Crippen molar-refractivity contribution in [3.05, 3.63) is 17.0 Å². The molecule has 1 aliphatic rings. The van der Waals surface area contributed by atoms with Crippen LogP contribution in [0.5, 0.6) is 0 Å². The Morgan fingerprint density at radius 2 is 2.26 bits per heavy atom. The molecule has 3 nitrogen and oxygen atoms in total. The van der Waals surface area contributed by atoms with Crippen molar-refractivity contribution >= 4 is 29.2 Å². The fourth-order valence-corrected chi connectivity index (χ4v) is 3.60. The van der Waals surface area contributed by atoms with Crippen LogP contribution in [0, 0.1) is 0 Å². The Balaban J connectivity index is 2.01. The van der Waals surface area contributed by atoms with Crippen LogP contribution in [0.2, 0.25) is 5.15 Å². The van der Waals surface area contributed by atoms with Crippen LogP contribution in [0.15, 0.2) is 6.07 Å². The number of hydrogen-bond donors (Lipinski definition) is 1. The SMILES string of the molecule is CCCc1nc(Cl)cc(NC2CCCC(SC)C2)n1. The summed E-state index contributed by atoms with van der Waals surface area (Å²) in [6.45, 7) is 2.13. The van der Waals surface area contributed by atoms with E-state index in [0.717, 1.165) is 29.7 Å². The van der Waals surface area contributed by atoms with Gasteiger partial charge in [0.2, 0.25) is 0 Å². The second-order valence-electron chi connectivity index (χ2n) is 5.11. The Morgan fingerprint density at radius 1 is 1.42 bits per heavy atom. The van der Waals surface area contributed by atoms with Crippen LogP contribution in [-0.4, -0.2) is 27.5 Å². The third-order valence-corrected chi connectivity index (χ3v) is 4.81. The number of nitrogens with one attached hydrogen (secondary N) is 1. The lowest BCUT2D eigenvalue weighted by molar-refractivity contribution is 0.472. The van der Waals surface area contributed by atoms with E-state index in [0.29, 0.717) is 11.2 Å². The van der Waals surface area contributed by atoms with Crippen LogP contribution >= 0.6 is 23.4 Å². The molecule has 2 rings (SSSR count). The summed E-state index contributed by atoms with van der Waals surface area (Å²) in [6, 6.07) is 2.36. The van der Waals surface area contributed by atoms with Crippen molar-refractivity contribution in [3.63, 3.8) is 0 Å². The highest BCUT2D eigenvalue weighted by Gasteiger charge is 2.21. The maximum Gasteiger partial charge on any atom is 0.134 e. The lowest BCUT2D eigenvalue weighted by atomic mass is 9.95. The summed E-state index contributed by atoms with van der Waals surface area (Å²) in [5, 5.41) is 4.85. The molecule has 0 aromatic carbocycles. The van der Waals surface area contributed by atoms with Crippen LogP contribution in [0.25, 0.3) is 0 Å². The average Bonchev–Trinajstić information content (AvgIpc) is 2.38. The molecule has 0 aliphatic heterocycles. The van der Waals surface area contributed by atoms with E-state index in [9.17, 15) is 0 Å². The number of halogens is 1. The third-order valence-electron chi connectivity index (χ3n) is 3.53. The largest absolute Gasteiger partial charge is 0.367 e. The predicted octanol–water partition coefficient (Wildman–Crippen LogP) is 4.17. The van der Waals surface area contributed by atoms with E-state index in [2.05, 4.69) is 28.5 Å². The molecule has 1 heterocycles. The molecule has 1 aromatic rings. The van der Waals surface area contributed by atoms with Crippen molar-refractivity contribution in [1.82, 2.24) is 9.97 Å². The number of rotatable bonds is 5. The molecule has 19 heavy (non-hydrogen) atoms. The minimum atomic E-state index is 0.520. The van der Waals surface area contributed by atoms with E-state index in [-0.39, 0.29) is 0 Å². The Bertz CT molecular complexity index is 414. The van der Waals surface area contributed by atoms with E-state index in [1.54, 1.807) is 0 Å². The maximum atomic E-state index is 6.06. The Hall–Kier alpha value is -0.480. The zero-order valence-electron chi connectivity index (χ0n) is 11.7. The van der Waals surface area contributed by atoms with Crippen molar-refractivity contribution in [1.29, 1.82) is 0 Å². The molecule has 0 saturated heterocycles. The van der Waals surface area contributed by atoms with Gasteiger partial charge < -0.3 is 5.32 Å². The molecule has 1 saturated carbocycles. The first kappa shape index (κ1) is 14.9. The summed E-state index contributed by atoms with van der Waals surface area (Å²) in [6.07, 6.45) is 9.20. The van der Waals surface area contributed by atoms with Gasteiger partial charge >= 0.3 is 0 Å². The zero-order chi connectivity index (χ0) is 13.7. The zero-order valence-corrected chi connectivity index (χ0v) is 13.2. The number of thioether (sulfide) groups is 1. The Morgan fingerprint density at radius 3 is 3.00 bits per heavy atom. The highest BCUT2D eigenvalue weighted by molar-refractivity contribution is 7.99. The van der Waals surface area contributed by atoms with E-state index in [1.165, 1.54) is 25.7 Å². The number of anilines is 1. The summed E-state index contributed by atoms with van der Waals surface area (Å²) in [5.74, 6) is 1.73. The Labute approximate surface area is 124 Å². The lowest BCUT2D eigenvalue weighted by Crippen LogP contribution is -2.29. The minimum absolute atomic E-state index is 0.520. The standard InChI is InChI=1S/C14H22ClN3S/c1-3-5-13-17-12(15)9-14(18-13)16-10-6-4-7-11(8-10)19-2/h9-11H,3-8H2,1-2H3,(H,16,17,18). The first-order valence-electron chi connectivity index (χ1n) is 7.04. The first-order valence-corrected chi connectivity index (χ1v) is 8.70. The third kappa shape index (κ3) is 4.53. The predicted molar refractivity (Wildman–Crippen MR) is 84.2 cm³/mol. The lowest BCUT2D eigenvalue weighted by Gasteiger charge is -2.29. The van der Waals surface area contributed by atoms with Crippen molar-refractivity contribution in [3.8, 4) is 0 Å². The van der Waals surface area contributed by atoms with Gasteiger partial charge in [-0.2, -0.15) is 11.8 Å². The highest BCUT2D eigenvalue weighted by Crippen LogP contribution is 2.28. The van der Waals surface area contributed by atoms with E-state index in [1.807, 2.05) is 17.8 Å². The molecule has 106 valence electrons. The fraction of sp³-hybridized carbons (Fsp3) is 0.714. The molecular formula is C14H22ClN3S. The van der Waals surface area contributed by atoms with Crippen LogP contribution in [-0.2, 0) is 6.42 Å². The van der Waals surface area contributed by atoms with Gasteiger partial charge in [0.1, 0.15) is 16.8 Å². The van der Waals surface area contributed by atoms with Gasteiger partial charge in [-0.05, 0) is 31.9 Å². The molecule has 5 heteroatoms. The van der Waals surface area contributed by atoms with E-state index in [4.69, 9.17) is 11.6 Å². The van der Waals surface area contributed by atoms with Gasteiger partial charge in [-0.3, -0.25) is 0 Å². The van der Waals surface area contributed by atoms with Crippen molar-refractivity contribution < 1.29 is 0 Å². The molecule has 0 bridgehead atoms. The van der Waals surface area contributed by atoms with Crippen LogP contribution in [0.1, 0.15) is 44.9 Å². The van der Waals surface area contributed by atoms with Gasteiger partial charge in [-0.15, -0.1) is 0 Å². The quantitative estimate of drug-likeness (QED) is 0.828. The first-order chi connectivity index (χ1) is 9.21. The van der Waals surface area contributed by atoms with Gasteiger partial charge in [-0.1, -0.05) is 24.9 Å². The molecule has 1 aromatic heterocycles. The van der Waals surface area contributed by atoms with Crippen LogP contribution in [0.4, 0.5) is 5.82 Å². The number of hydrogen-bond acceptors (Lipinski definition) is 4. The molecule has 2 unspecified atom stereocenters. The van der Waals surface area contributed by atoms with Crippen molar-refractivity contribution in [2.45, 2.75) is 56.7 Å². The van der Waals surface area contributed by atoms with Crippen molar-refractivity contribution in [2.24, 2.45) is 0 Å². The highest BCUT2D eigenvalue weighted by atomic mass is 35.5. The summed E-state index contributed by atoms with van der Waals surface area (Å²) in [5.41, 5.74) is 0. The summed E-state index contributed by atoms with van der Waals surface area (Å²) in [7, 11) is 0. The van der Waals surface area contributed by atoms with Gasteiger partial charge in [-0.25, -0.2) is 9.97 Å². The minimum Gasteiger partial charge on any atom is -0.367 e.